The van der Waals surface area contributed by atoms with Gasteiger partial charge in [0.2, 0.25) is 0 Å². The minimum absolute atomic E-state index is 0.0176. The van der Waals surface area contributed by atoms with Gasteiger partial charge >= 0.3 is 6.18 Å². The maximum absolute atomic E-state index is 14.2. The first-order chi connectivity index (χ1) is 17.7. The second kappa shape index (κ2) is 11.5. The number of Topliss-reactive ketones (excluding diaryl/α,β-unsaturated/α-hetero) is 1. The maximum atomic E-state index is 14.2. The Bertz CT molecular complexity index is 1290. The minimum Gasteiger partial charge on any atom is -0.496 e. The van der Waals surface area contributed by atoms with Crippen LogP contribution in [0.4, 0.5) is 13.2 Å². The van der Waals surface area contributed by atoms with Gasteiger partial charge in [0.15, 0.2) is 0 Å². The molecular weight excluding hydrogens is 499 g/mol. The van der Waals surface area contributed by atoms with E-state index >= 15 is 0 Å². The maximum Gasteiger partial charge on any atom is 0.417 e. The summed E-state index contributed by atoms with van der Waals surface area (Å²) >= 11 is 6.64. The van der Waals surface area contributed by atoms with Crippen LogP contribution in [-0.4, -0.2) is 30.4 Å². The number of halogens is 4. The van der Waals surface area contributed by atoms with Gasteiger partial charge in [-0.2, -0.15) is 13.2 Å². The van der Waals surface area contributed by atoms with Gasteiger partial charge in [-0.15, -0.1) is 0 Å². The third-order valence-corrected chi connectivity index (χ3v) is 7.19. The van der Waals surface area contributed by atoms with E-state index in [1.54, 1.807) is 12.1 Å². The fraction of sp³-hybridized carbons (Fsp3) is 0.300. The number of hydrogen-bond acceptors (Lipinski definition) is 3. The van der Waals surface area contributed by atoms with Gasteiger partial charge in [0.05, 0.1) is 23.7 Å². The predicted octanol–water partition coefficient (Wildman–Crippen LogP) is 8.15. The van der Waals surface area contributed by atoms with Crippen LogP contribution < -0.4 is 4.74 Å². The van der Waals surface area contributed by atoms with Crippen molar-refractivity contribution in [2.75, 3.05) is 13.7 Å². The lowest BCUT2D eigenvalue weighted by Gasteiger charge is -2.34. The average molecular weight is 528 g/mol. The van der Waals surface area contributed by atoms with E-state index in [1.807, 2.05) is 47.4 Å². The molecule has 1 fully saturated rings. The minimum atomic E-state index is -4.57. The molecule has 1 atom stereocenters. The summed E-state index contributed by atoms with van der Waals surface area (Å²) < 4.78 is 48.0. The van der Waals surface area contributed by atoms with Crippen LogP contribution in [0.3, 0.4) is 0 Å². The van der Waals surface area contributed by atoms with Gasteiger partial charge in [-0.05, 0) is 55.1 Å². The molecule has 3 aromatic carbocycles. The lowest BCUT2D eigenvalue weighted by molar-refractivity contribution is -0.137. The number of likely N-dealkylation sites (tertiary alicyclic amines) is 1. The van der Waals surface area contributed by atoms with Crippen LogP contribution in [0.25, 0.3) is 23.3 Å². The molecule has 1 aliphatic heterocycles. The Morgan fingerprint density at radius 1 is 1.05 bits per heavy atom. The number of methoxy groups -OCH3 is 1. The summed E-state index contributed by atoms with van der Waals surface area (Å²) in [5.41, 5.74) is 1.96. The zero-order chi connectivity index (χ0) is 26.6. The highest BCUT2D eigenvalue weighted by molar-refractivity contribution is 6.35. The first-order valence-corrected chi connectivity index (χ1v) is 12.6. The van der Waals surface area contributed by atoms with Crippen molar-refractivity contribution in [1.82, 2.24) is 4.90 Å². The molecule has 0 aliphatic carbocycles. The van der Waals surface area contributed by atoms with Crippen molar-refractivity contribution in [3.8, 4) is 16.9 Å². The lowest BCUT2D eigenvalue weighted by Crippen LogP contribution is -2.43. The Labute approximate surface area is 220 Å². The number of benzene rings is 3. The first kappa shape index (κ1) is 27.0. The van der Waals surface area contributed by atoms with Crippen molar-refractivity contribution in [3.05, 3.63) is 87.9 Å². The summed E-state index contributed by atoms with van der Waals surface area (Å²) in [5, 5.41) is 0.461. The Morgan fingerprint density at radius 2 is 1.78 bits per heavy atom. The second-order valence-electron chi connectivity index (χ2n) is 9.25. The summed E-state index contributed by atoms with van der Waals surface area (Å²) in [5.74, 6) is 0.383. The second-order valence-corrected chi connectivity index (χ2v) is 9.63. The SMILES string of the molecule is COc1cc(/C=C/c2cccc(-c3ccccc3)c2Cl)c(C(F)(F)F)cc1CN1CCCC[C@H]1C(C)=O. The summed E-state index contributed by atoms with van der Waals surface area (Å²) in [6, 6.07) is 17.3. The van der Waals surface area contributed by atoms with Crippen LogP contribution in [0, 0.1) is 0 Å². The molecule has 1 aliphatic rings. The normalized spacial score (nSPS) is 16.8. The van der Waals surface area contributed by atoms with Gasteiger partial charge < -0.3 is 4.74 Å². The number of carbonyl (C=O) groups is 1. The fourth-order valence-electron chi connectivity index (χ4n) is 4.90. The van der Waals surface area contributed by atoms with Crippen molar-refractivity contribution in [2.45, 2.75) is 44.9 Å². The number of rotatable bonds is 7. The average Bonchev–Trinajstić information content (AvgIpc) is 2.88. The van der Waals surface area contributed by atoms with Gasteiger partial charge in [-0.1, -0.05) is 78.7 Å². The molecule has 0 aromatic heterocycles. The summed E-state index contributed by atoms with van der Waals surface area (Å²) in [7, 11) is 1.44. The highest BCUT2D eigenvalue weighted by Crippen LogP contribution is 2.38. The molecule has 1 heterocycles. The number of piperidine rings is 1. The molecule has 0 spiro atoms. The van der Waals surface area contributed by atoms with Crippen molar-refractivity contribution < 1.29 is 22.7 Å². The van der Waals surface area contributed by atoms with Crippen molar-refractivity contribution >= 4 is 29.5 Å². The van der Waals surface area contributed by atoms with Crippen LogP contribution in [0.2, 0.25) is 5.02 Å². The van der Waals surface area contributed by atoms with Crippen molar-refractivity contribution in [1.29, 1.82) is 0 Å². The molecule has 0 unspecified atom stereocenters. The van der Waals surface area contributed by atoms with Crippen LogP contribution in [0.15, 0.2) is 60.7 Å². The van der Waals surface area contributed by atoms with Crippen molar-refractivity contribution in [2.24, 2.45) is 0 Å². The van der Waals surface area contributed by atoms with Gasteiger partial charge in [0.1, 0.15) is 11.5 Å². The van der Waals surface area contributed by atoms with Crippen LogP contribution in [-0.2, 0) is 17.5 Å². The number of ketones is 1. The van der Waals surface area contributed by atoms with E-state index in [2.05, 4.69) is 0 Å². The van der Waals surface area contributed by atoms with Gasteiger partial charge in [0, 0.05) is 17.7 Å². The molecule has 194 valence electrons. The molecule has 0 radical (unpaired) electrons. The van der Waals surface area contributed by atoms with Crippen LogP contribution >= 0.6 is 11.6 Å². The third kappa shape index (κ3) is 6.25. The number of nitrogens with zero attached hydrogens (tertiary/aromatic N) is 1. The van der Waals surface area contributed by atoms with E-state index in [1.165, 1.54) is 26.2 Å². The Morgan fingerprint density at radius 3 is 2.46 bits per heavy atom. The monoisotopic (exact) mass is 527 g/mol. The Balaban J connectivity index is 1.71. The van der Waals surface area contributed by atoms with Gasteiger partial charge in [-0.25, -0.2) is 0 Å². The standard InChI is InChI=1S/C30H29ClF3NO2/c1-20(36)27-13-6-7-16-35(27)19-24-17-26(30(32,33)34)23(18-28(24)37-2)15-14-22-11-8-12-25(29(22)31)21-9-4-3-5-10-21/h3-5,8-12,14-15,17-18,27H,6-7,13,16,19H2,1-2H3/b15-14+/t27-/m0/s1. The molecule has 1 saturated heterocycles. The number of ether oxygens (including phenoxy) is 1. The topological polar surface area (TPSA) is 29.5 Å². The van der Waals surface area contributed by atoms with E-state index < -0.39 is 11.7 Å². The predicted molar refractivity (Wildman–Crippen MR) is 143 cm³/mol. The largest absolute Gasteiger partial charge is 0.496 e. The number of carbonyl (C=O) groups excluding carboxylic acids is 1. The molecule has 7 heteroatoms. The highest BCUT2D eigenvalue weighted by atomic mass is 35.5. The zero-order valence-corrected chi connectivity index (χ0v) is 21.6. The highest BCUT2D eigenvalue weighted by Gasteiger charge is 2.35. The Kier molecular flexibility index (Phi) is 8.40. The summed E-state index contributed by atoms with van der Waals surface area (Å²) in [6.45, 7) is 2.41. The van der Waals surface area contributed by atoms with Gasteiger partial charge in [-0.3, -0.25) is 9.69 Å². The molecule has 0 N–H and O–H groups in total. The quantitative estimate of drug-likeness (QED) is 0.290. The smallest absolute Gasteiger partial charge is 0.417 e. The molecular formula is C30H29ClF3NO2. The van der Waals surface area contributed by atoms with E-state index in [0.717, 1.165) is 30.0 Å². The summed E-state index contributed by atoms with van der Waals surface area (Å²) in [4.78, 5) is 14.1. The van der Waals surface area contributed by atoms with E-state index in [-0.39, 0.29) is 23.9 Å². The molecule has 0 saturated carbocycles. The fourth-order valence-corrected chi connectivity index (χ4v) is 5.19. The number of hydrogen-bond donors (Lipinski definition) is 0. The lowest BCUT2D eigenvalue weighted by atomic mass is 9.96. The van der Waals surface area contributed by atoms with Gasteiger partial charge in [0.25, 0.3) is 0 Å². The third-order valence-electron chi connectivity index (χ3n) is 6.77. The molecule has 37 heavy (non-hydrogen) atoms. The first-order valence-electron chi connectivity index (χ1n) is 12.2. The Hall–Kier alpha value is -3.09. The van der Waals surface area contributed by atoms with E-state index in [0.29, 0.717) is 34.9 Å². The zero-order valence-electron chi connectivity index (χ0n) is 20.8. The van der Waals surface area contributed by atoms with Crippen LogP contribution in [0.1, 0.15) is 48.4 Å². The molecule has 0 amide bonds. The number of alkyl halides is 3. The molecule has 3 nitrogen and oxygen atoms in total. The molecule has 0 bridgehead atoms. The molecule has 4 rings (SSSR count). The molecule has 3 aromatic rings. The van der Waals surface area contributed by atoms with Crippen LogP contribution in [0.5, 0.6) is 5.75 Å². The van der Waals surface area contributed by atoms with E-state index in [4.69, 9.17) is 16.3 Å². The summed E-state index contributed by atoms with van der Waals surface area (Å²) in [6.07, 6.45) is 0.996. The van der Waals surface area contributed by atoms with Crippen molar-refractivity contribution in [3.63, 3.8) is 0 Å². The van der Waals surface area contributed by atoms with E-state index in [9.17, 15) is 18.0 Å².